The van der Waals surface area contributed by atoms with Crippen LogP contribution in [0.2, 0.25) is 0 Å². The molecule has 2 fully saturated rings. The number of fused-ring (bicyclic) bond motifs is 1. The van der Waals surface area contributed by atoms with Crippen LogP contribution in [0.4, 0.5) is 0 Å². The minimum atomic E-state index is -0.462. The molecule has 4 heteroatoms. The Bertz CT molecular complexity index is 622. The van der Waals surface area contributed by atoms with E-state index in [1.165, 1.54) is 18.4 Å². The Kier molecular flexibility index (Phi) is 6.27. The lowest BCUT2D eigenvalue weighted by atomic mass is 9.66. The first-order valence-electron chi connectivity index (χ1n) is 10.8. The first-order valence-corrected chi connectivity index (χ1v) is 10.8. The van der Waals surface area contributed by atoms with Gasteiger partial charge in [-0.05, 0) is 59.4 Å². The zero-order valence-corrected chi connectivity index (χ0v) is 17.7. The predicted molar refractivity (Wildman–Crippen MR) is 112 cm³/mol. The number of rotatable bonds is 6. The molecule has 0 unspecified atom stereocenters. The highest BCUT2D eigenvalue weighted by Crippen LogP contribution is 2.42. The van der Waals surface area contributed by atoms with E-state index in [1.54, 1.807) is 0 Å². The van der Waals surface area contributed by atoms with Gasteiger partial charge in [-0.15, -0.1) is 0 Å². The molecular formula is C23H37N3O. The Balaban J connectivity index is 2.01. The van der Waals surface area contributed by atoms with Gasteiger partial charge in [-0.1, -0.05) is 36.8 Å². The average Bonchev–Trinajstić information content (AvgIpc) is 2.64. The Morgan fingerprint density at radius 3 is 2.44 bits per heavy atom. The lowest BCUT2D eigenvalue weighted by Crippen LogP contribution is -2.71. The lowest BCUT2D eigenvalue weighted by Gasteiger charge is -2.54. The van der Waals surface area contributed by atoms with Gasteiger partial charge in [0.25, 0.3) is 0 Å². The van der Waals surface area contributed by atoms with E-state index in [4.69, 9.17) is 0 Å². The summed E-state index contributed by atoms with van der Waals surface area (Å²) >= 11 is 0. The largest absolute Gasteiger partial charge is 0.340 e. The normalized spacial score (nSPS) is 29.3. The predicted octanol–water partition coefficient (Wildman–Crippen LogP) is 3.76. The molecule has 3 rings (SSSR count). The summed E-state index contributed by atoms with van der Waals surface area (Å²) in [5.74, 6) is 0.219. The van der Waals surface area contributed by atoms with E-state index in [2.05, 4.69) is 74.0 Å². The number of piperidine rings is 1. The minimum absolute atomic E-state index is 0.130. The molecule has 0 aliphatic carbocycles. The molecule has 0 saturated carbocycles. The summed E-state index contributed by atoms with van der Waals surface area (Å²) in [4.78, 5) is 18.6. The highest BCUT2D eigenvalue weighted by Gasteiger charge is 2.54. The molecule has 150 valence electrons. The zero-order valence-electron chi connectivity index (χ0n) is 17.7. The molecule has 1 N–H and O–H groups in total. The number of hydrogen-bond acceptors (Lipinski definition) is 3. The number of amides is 1. The molecular weight excluding hydrogens is 334 g/mol. The van der Waals surface area contributed by atoms with Crippen LogP contribution < -0.4 is 5.32 Å². The third-order valence-corrected chi connectivity index (χ3v) is 6.74. The van der Waals surface area contributed by atoms with Gasteiger partial charge in [0.2, 0.25) is 5.91 Å². The van der Waals surface area contributed by atoms with Gasteiger partial charge in [-0.25, -0.2) is 0 Å². The second-order valence-electron chi connectivity index (χ2n) is 8.91. The third kappa shape index (κ3) is 3.79. The fourth-order valence-corrected chi connectivity index (χ4v) is 5.40. The monoisotopic (exact) mass is 371 g/mol. The van der Waals surface area contributed by atoms with Crippen molar-refractivity contribution < 1.29 is 4.79 Å². The molecule has 27 heavy (non-hydrogen) atoms. The van der Waals surface area contributed by atoms with Crippen molar-refractivity contribution in [3.63, 3.8) is 0 Å². The van der Waals surface area contributed by atoms with Crippen molar-refractivity contribution >= 4 is 5.91 Å². The van der Waals surface area contributed by atoms with Crippen LogP contribution in [-0.2, 0) is 10.2 Å². The maximum Gasteiger partial charge on any atom is 0.233 e. The van der Waals surface area contributed by atoms with Gasteiger partial charge >= 0.3 is 0 Å². The van der Waals surface area contributed by atoms with E-state index in [9.17, 15) is 4.79 Å². The quantitative estimate of drug-likeness (QED) is 0.827. The number of hydrogen-bond donors (Lipinski definition) is 1. The summed E-state index contributed by atoms with van der Waals surface area (Å²) in [5, 5.41) is 3.32. The molecule has 0 spiro atoms. The molecule has 0 bridgehead atoms. The second kappa shape index (κ2) is 8.32. The number of nitrogens with zero attached hydrogens (tertiary/aromatic N) is 2. The van der Waals surface area contributed by atoms with Crippen LogP contribution in [0.5, 0.6) is 0 Å². The van der Waals surface area contributed by atoms with Gasteiger partial charge in [-0.2, -0.15) is 0 Å². The molecule has 2 saturated heterocycles. The topological polar surface area (TPSA) is 35.6 Å². The fraction of sp³-hybridized carbons (Fsp3) is 0.696. The van der Waals surface area contributed by atoms with Crippen LogP contribution in [0.3, 0.4) is 0 Å². The number of nitrogens with one attached hydrogen (secondary N) is 1. The van der Waals surface area contributed by atoms with Gasteiger partial charge in [0.1, 0.15) is 0 Å². The summed E-state index contributed by atoms with van der Waals surface area (Å²) < 4.78 is 0. The summed E-state index contributed by atoms with van der Waals surface area (Å²) in [6, 6.07) is 11.8. The van der Waals surface area contributed by atoms with E-state index in [0.717, 1.165) is 25.9 Å². The summed E-state index contributed by atoms with van der Waals surface area (Å²) in [6.45, 7) is 13.2. The first-order chi connectivity index (χ1) is 12.9. The maximum absolute atomic E-state index is 13.6. The Morgan fingerprint density at radius 1 is 1.15 bits per heavy atom. The molecule has 2 aliphatic rings. The van der Waals surface area contributed by atoms with E-state index in [-0.39, 0.29) is 12.1 Å². The van der Waals surface area contributed by atoms with Crippen LogP contribution in [-0.4, -0.2) is 53.1 Å². The fourth-order valence-electron chi connectivity index (χ4n) is 5.40. The highest BCUT2D eigenvalue weighted by molar-refractivity contribution is 5.90. The average molecular weight is 372 g/mol. The van der Waals surface area contributed by atoms with Crippen molar-refractivity contribution in [3.8, 4) is 0 Å². The van der Waals surface area contributed by atoms with Crippen molar-refractivity contribution in [2.75, 3.05) is 13.1 Å². The van der Waals surface area contributed by atoms with Crippen LogP contribution >= 0.6 is 0 Å². The SMILES string of the molecule is CC(C)N(CC[C@]1(c2ccccc2)C(=O)N[C@@H](C)N2CCCC[C@@H]21)C(C)C. The number of carbonyl (C=O) groups excluding carboxylic acids is 1. The van der Waals surface area contributed by atoms with E-state index >= 15 is 0 Å². The molecule has 0 aromatic heterocycles. The van der Waals surface area contributed by atoms with Crippen LogP contribution in [0, 0.1) is 0 Å². The Hall–Kier alpha value is -1.39. The van der Waals surface area contributed by atoms with Crippen LogP contribution in [0.1, 0.15) is 65.9 Å². The summed E-state index contributed by atoms with van der Waals surface area (Å²) in [6.07, 6.45) is 4.55. The van der Waals surface area contributed by atoms with Crippen molar-refractivity contribution in [2.45, 2.75) is 90.0 Å². The van der Waals surface area contributed by atoms with Crippen LogP contribution in [0.15, 0.2) is 30.3 Å². The molecule has 2 heterocycles. The maximum atomic E-state index is 13.6. The van der Waals surface area contributed by atoms with E-state index in [1.807, 2.05) is 6.07 Å². The van der Waals surface area contributed by atoms with E-state index < -0.39 is 5.41 Å². The van der Waals surface area contributed by atoms with Gasteiger partial charge in [-0.3, -0.25) is 14.6 Å². The standard InChI is InChI=1S/C23H37N3O/c1-17(2)25(18(3)4)16-14-23(20-11-7-6-8-12-20)21-13-9-10-15-26(21)19(5)24-22(23)27/h6-8,11-12,17-19,21H,9-10,13-16H2,1-5H3,(H,24,27)/t19-,21-,23-/m1/s1. The number of carbonyl (C=O) groups is 1. The lowest BCUT2D eigenvalue weighted by molar-refractivity contribution is -0.142. The van der Waals surface area contributed by atoms with Gasteiger partial charge in [0, 0.05) is 31.2 Å². The zero-order chi connectivity index (χ0) is 19.6. The molecule has 3 atom stereocenters. The summed E-state index contributed by atoms with van der Waals surface area (Å²) in [7, 11) is 0. The Morgan fingerprint density at radius 2 is 1.81 bits per heavy atom. The molecule has 1 aromatic rings. The van der Waals surface area contributed by atoms with Crippen LogP contribution in [0.25, 0.3) is 0 Å². The van der Waals surface area contributed by atoms with Crippen molar-refractivity contribution in [1.29, 1.82) is 0 Å². The second-order valence-corrected chi connectivity index (χ2v) is 8.91. The first kappa shape index (κ1) is 20.3. The summed E-state index contributed by atoms with van der Waals surface area (Å²) in [5.41, 5.74) is 0.717. The van der Waals surface area contributed by atoms with Gasteiger partial charge < -0.3 is 5.32 Å². The molecule has 2 aliphatic heterocycles. The number of benzene rings is 1. The van der Waals surface area contributed by atoms with Gasteiger partial charge in [0.05, 0.1) is 11.6 Å². The smallest absolute Gasteiger partial charge is 0.233 e. The van der Waals surface area contributed by atoms with E-state index in [0.29, 0.717) is 18.1 Å². The van der Waals surface area contributed by atoms with Crippen molar-refractivity contribution in [3.05, 3.63) is 35.9 Å². The molecule has 0 radical (unpaired) electrons. The molecule has 4 nitrogen and oxygen atoms in total. The Labute approximate surface area is 165 Å². The van der Waals surface area contributed by atoms with Crippen molar-refractivity contribution in [2.24, 2.45) is 0 Å². The molecule has 1 amide bonds. The van der Waals surface area contributed by atoms with Gasteiger partial charge in [0.15, 0.2) is 0 Å². The minimum Gasteiger partial charge on any atom is -0.340 e. The molecule has 1 aromatic carbocycles. The van der Waals surface area contributed by atoms with Crippen molar-refractivity contribution in [1.82, 2.24) is 15.1 Å². The highest BCUT2D eigenvalue weighted by atomic mass is 16.2. The third-order valence-electron chi connectivity index (χ3n) is 6.74.